The van der Waals surface area contributed by atoms with E-state index in [1.54, 1.807) is 0 Å². The van der Waals surface area contributed by atoms with E-state index in [0.717, 1.165) is 0 Å². The number of hydroxylamine groups is 1. The molecule has 0 aromatic carbocycles. The second kappa shape index (κ2) is 4.01. The normalized spacial score (nSPS) is 10.3. The third kappa shape index (κ3) is 2.52. The molecule has 0 aromatic rings. The minimum absolute atomic E-state index is 0.264. The molecule has 7 heavy (non-hydrogen) atoms. The van der Waals surface area contributed by atoms with Gasteiger partial charge in [-0.15, -0.1) is 0 Å². The maximum atomic E-state index is 9.65. The first-order valence-electron chi connectivity index (χ1n) is 2.02. The van der Waals surface area contributed by atoms with Crippen LogP contribution in [-0.4, -0.2) is 29.5 Å². The number of aliphatic hydroxyl groups is 2. The number of hydrogen-bond donors (Lipinski definition) is 3. The standard InChI is InChI=1S/C3H9NO3/c5-1-3(2-6)4-7/h3,5-6H,1-2,4H2. The molecule has 0 amide bonds. The van der Waals surface area contributed by atoms with Gasteiger partial charge in [-0.3, -0.25) is 0 Å². The summed E-state index contributed by atoms with van der Waals surface area (Å²) in [5.41, 5.74) is 0.528. The Hall–Kier alpha value is -0.160. The number of nitrogens with two attached hydrogens (primary N) is 1. The first-order valence-corrected chi connectivity index (χ1v) is 2.02. The topological polar surface area (TPSA) is 80.1 Å². The van der Waals surface area contributed by atoms with E-state index in [9.17, 15) is 5.21 Å². The highest BCUT2D eigenvalue weighted by molar-refractivity contribution is 4.44. The van der Waals surface area contributed by atoms with Gasteiger partial charge in [-0.2, -0.15) is 0 Å². The summed E-state index contributed by atoms with van der Waals surface area (Å²) in [6.07, 6.45) is 0. The van der Waals surface area contributed by atoms with Crippen LogP contribution in [0.1, 0.15) is 0 Å². The zero-order chi connectivity index (χ0) is 5.70. The fourth-order valence-electron chi connectivity index (χ4n) is 0.144. The molecular weight excluding hydrogens is 98.0 g/mol. The van der Waals surface area contributed by atoms with E-state index in [1.165, 1.54) is 0 Å². The highest BCUT2D eigenvalue weighted by Gasteiger charge is 1.99. The van der Waals surface area contributed by atoms with Crippen molar-refractivity contribution in [2.45, 2.75) is 6.04 Å². The molecule has 4 N–H and O–H groups in total. The van der Waals surface area contributed by atoms with Gasteiger partial charge < -0.3 is 20.9 Å². The zero-order valence-electron chi connectivity index (χ0n) is 3.87. The lowest BCUT2D eigenvalue weighted by molar-refractivity contribution is -0.631. The Morgan fingerprint density at radius 1 is 1.43 bits per heavy atom. The van der Waals surface area contributed by atoms with Gasteiger partial charge in [0.25, 0.3) is 0 Å². The summed E-state index contributed by atoms with van der Waals surface area (Å²) in [6.45, 7) is -0.528. The van der Waals surface area contributed by atoms with Crippen LogP contribution in [0, 0.1) is 5.21 Å². The molecule has 0 unspecified atom stereocenters. The molecule has 0 fully saturated rings. The van der Waals surface area contributed by atoms with Crippen LogP contribution in [0.3, 0.4) is 0 Å². The second-order valence-corrected chi connectivity index (χ2v) is 1.26. The Kier molecular flexibility index (Phi) is 3.92. The van der Waals surface area contributed by atoms with E-state index < -0.39 is 6.04 Å². The molecule has 0 saturated carbocycles. The smallest absolute Gasteiger partial charge is 0.132 e. The summed E-state index contributed by atoms with van der Waals surface area (Å²) in [5, 5.41) is 25.9. The number of rotatable bonds is 3. The summed E-state index contributed by atoms with van der Waals surface area (Å²) in [4.78, 5) is 0. The largest absolute Gasteiger partial charge is 0.635 e. The van der Waals surface area contributed by atoms with E-state index in [1.807, 2.05) is 0 Å². The van der Waals surface area contributed by atoms with Crippen molar-refractivity contribution < 1.29 is 15.7 Å². The van der Waals surface area contributed by atoms with E-state index >= 15 is 0 Å². The molecule has 0 spiro atoms. The Morgan fingerprint density at radius 3 is 1.86 bits per heavy atom. The summed E-state index contributed by atoms with van der Waals surface area (Å²) in [6, 6.07) is -0.583. The second-order valence-electron chi connectivity index (χ2n) is 1.26. The Labute approximate surface area is 41.4 Å². The third-order valence-electron chi connectivity index (χ3n) is 0.661. The van der Waals surface area contributed by atoms with Gasteiger partial charge in [0.05, 0.1) is 13.2 Å². The molecule has 0 atom stereocenters. The van der Waals surface area contributed by atoms with Crippen LogP contribution < -0.4 is 5.48 Å². The number of hydrogen-bond acceptors (Lipinski definition) is 3. The SMILES string of the molecule is [O-][NH2+]C(CO)CO. The Bertz CT molecular complexity index is 31.7. The van der Waals surface area contributed by atoms with E-state index in [4.69, 9.17) is 10.2 Å². The quantitative estimate of drug-likeness (QED) is 0.346. The van der Waals surface area contributed by atoms with Crippen molar-refractivity contribution in [3.63, 3.8) is 0 Å². The van der Waals surface area contributed by atoms with Gasteiger partial charge in [0.2, 0.25) is 0 Å². The summed E-state index contributed by atoms with van der Waals surface area (Å²) in [7, 11) is 0. The van der Waals surface area contributed by atoms with Crippen molar-refractivity contribution in [3.05, 3.63) is 5.21 Å². The van der Waals surface area contributed by atoms with Crippen molar-refractivity contribution in [1.29, 1.82) is 0 Å². The molecule has 44 valence electrons. The molecule has 0 aliphatic rings. The molecule has 0 radical (unpaired) electrons. The van der Waals surface area contributed by atoms with Crippen LogP contribution in [0.2, 0.25) is 0 Å². The van der Waals surface area contributed by atoms with Crippen LogP contribution in [0.15, 0.2) is 0 Å². The minimum atomic E-state index is -0.583. The molecule has 0 rings (SSSR count). The van der Waals surface area contributed by atoms with Crippen LogP contribution in [0.25, 0.3) is 0 Å². The highest BCUT2D eigenvalue weighted by atomic mass is 16.5. The van der Waals surface area contributed by atoms with E-state index in [0.29, 0.717) is 5.48 Å². The molecule has 0 aromatic heterocycles. The van der Waals surface area contributed by atoms with Crippen molar-refractivity contribution >= 4 is 0 Å². The van der Waals surface area contributed by atoms with Gasteiger partial charge >= 0.3 is 0 Å². The molecule has 4 heteroatoms. The zero-order valence-corrected chi connectivity index (χ0v) is 3.87. The fraction of sp³-hybridized carbons (Fsp3) is 1.00. The predicted molar refractivity (Wildman–Crippen MR) is 23.3 cm³/mol. The van der Waals surface area contributed by atoms with E-state index in [2.05, 4.69) is 0 Å². The summed E-state index contributed by atoms with van der Waals surface area (Å²) < 4.78 is 0. The van der Waals surface area contributed by atoms with Gasteiger partial charge in [0.1, 0.15) is 6.04 Å². The predicted octanol–water partition coefficient (Wildman–Crippen LogP) is -2.60. The third-order valence-corrected chi connectivity index (χ3v) is 0.661. The average molecular weight is 107 g/mol. The van der Waals surface area contributed by atoms with Gasteiger partial charge in [-0.05, 0) is 0 Å². The van der Waals surface area contributed by atoms with Gasteiger partial charge in [0.15, 0.2) is 0 Å². The first kappa shape index (κ1) is 6.84. The molecule has 0 aliphatic carbocycles. The summed E-state index contributed by atoms with van der Waals surface area (Å²) >= 11 is 0. The fourth-order valence-corrected chi connectivity index (χ4v) is 0.144. The van der Waals surface area contributed by atoms with Crippen LogP contribution in [0.5, 0.6) is 0 Å². The molecular formula is C3H9NO3. The lowest BCUT2D eigenvalue weighted by atomic mass is 10.4. The van der Waals surface area contributed by atoms with Crippen LogP contribution in [0.4, 0.5) is 0 Å². The Balaban J connectivity index is 2.99. The highest BCUT2D eigenvalue weighted by Crippen LogP contribution is 1.64. The van der Waals surface area contributed by atoms with E-state index in [-0.39, 0.29) is 13.2 Å². The monoisotopic (exact) mass is 107 g/mol. The molecule has 0 saturated heterocycles. The van der Waals surface area contributed by atoms with Crippen molar-refractivity contribution in [3.8, 4) is 0 Å². The van der Waals surface area contributed by atoms with Crippen LogP contribution >= 0.6 is 0 Å². The maximum Gasteiger partial charge on any atom is 0.132 e. The van der Waals surface area contributed by atoms with Gasteiger partial charge in [0, 0.05) is 0 Å². The van der Waals surface area contributed by atoms with Crippen molar-refractivity contribution in [2.24, 2.45) is 0 Å². The number of quaternary nitrogens is 1. The minimum Gasteiger partial charge on any atom is -0.635 e. The molecule has 4 nitrogen and oxygen atoms in total. The molecule has 0 heterocycles. The van der Waals surface area contributed by atoms with Crippen molar-refractivity contribution in [1.82, 2.24) is 0 Å². The van der Waals surface area contributed by atoms with Gasteiger partial charge in [-0.25, -0.2) is 0 Å². The lowest BCUT2D eigenvalue weighted by Crippen LogP contribution is -2.86. The maximum absolute atomic E-state index is 9.65. The van der Waals surface area contributed by atoms with Crippen LogP contribution in [-0.2, 0) is 0 Å². The average Bonchev–Trinajstić information content (AvgIpc) is 1.72. The van der Waals surface area contributed by atoms with Crippen molar-refractivity contribution in [2.75, 3.05) is 13.2 Å². The molecule has 0 bridgehead atoms. The molecule has 0 aliphatic heterocycles. The Morgan fingerprint density at radius 2 is 1.86 bits per heavy atom. The summed E-state index contributed by atoms with van der Waals surface area (Å²) in [5.74, 6) is 0. The first-order chi connectivity index (χ1) is 3.35. The van der Waals surface area contributed by atoms with Gasteiger partial charge in [-0.1, -0.05) is 0 Å². The lowest BCUT2D eigenvalue weighted by Gasteiger charge is -2.09. The number of aliphatic hydroxyl groups excluding tert-OH is 2.